The lowest BCUT2D eigenvalue weighted by molar-refractivity contribution is 0.0198. The highest BCUT2D eigenvalue weighted by atomic mass is 32.2. The lowest BCUT2D eigenvalue weighted by Crippen LogP contribution is -2.40. The quantitative estimate of drug-likeness (QED) is 0.568. The van der Waals surface area contributed by atoms with Crippen molar-refractivity contribution in [2.75, 3.05) is 26.3 Å². The van der Waals surface area contributed by atoms with Gasteiger partial charge in [0.2, 0.25) is 10.0 Å². The van der Waals surface area contributed by atoms with E-state index in [1.54, 1.807) is 6.92 Å². The molecule has 0 saturated carbocycles. The van der Waals surface area contributed by atoms with Gasteiger partial charge in [-0.3, -0.25) is 0 Å². The van der Waals surface area contributed by atoms with Gasteiger partial charge in [-0.15, -0.1) is 0 Å². The summed E-state index contributed by atoms with van der Waals surface area (Å²) in [5.74, 6) is 0. The van der Waals surface area contributed by atoms with Crippen LogP contribution in [0.4, 0.5) is 8.78 Å². The number of ether oxygens (including phenoxy) is 1. The van der Waals surface area contributed by atoms with Crippen molar-refractivity contribution in [2.24, 2.45) is 5.73 Å². The molecule has 0 bridgehead atoms. The highest BCUT2D eigenvalue weighted by Gasteiger charge is 2.21. The normalized spacial score (nSPS) is 14.3. The molecule has 0 aliphatic rings. The minimum atomic E-state index is -3.47. The van der Waals surface area contributed by atoms with Gasteiger partial charge in [-0.05, 0) is 6.42 Å². The van der Waals surface area contributed by atoms with Crippen LogP contribution in [0.2, 0.25) is 0 Å². The highest BCUT2D eigenvalue weighted by molar-refractivity contribution is 7.90. The third-order valence-electron chi connectivity index (χ3n) is 1.95. The van der Waals surface area contributed by atoms with Gasteiger partial charge < -0.3 is 10.5 Å². The molecule has 0 spiro atoms. The van der Waals surface area contributed by atoms with Crippen molar-refractivity contribution in [1.82, 2.24) is 4.72 Å². The maximum atomic E-state index is 11.7. The van der Waals surface area contributed by atoms with E-state index >= 15 is 0 Å². The Morgan fingerprint density at radius 1 is 1.44 bits per heavy atom. The van der Waals surface area contributed by atoms with E-state index in [4.69, 9.17) is 5.73 Å². The monoisotopic (exact) mass is 260 g/mol. The van der Waals surface area contributed by atoms with Gasteiger partial charge in [0.15, 0.2) is 0 Å². The predicted octanol–water partition coefficient (Wildman–Crippen LogP) is -0.0752. The molecule has 3 N–H and O–H groups in total. The average Bonchev–Trinajstić information content (AvgIpc) is 2.17. The molecule has 0 aromatic rings. The molecule has 98 valence electrons. The fourth-order valence-corrected chi connectivity index (χ4v) is 2.35. The number of sulfonamides is 1. The molecule has 1 atom stereocenters. The first kappa shape index (κ1) is 15.7. The molecule has 16 heavy (non-hydrogen) atoms. The second kappa shape index (κ2) is 7.88. The van der Waals surface area contributed by atoms with Gasteiger partial charge in [0.05, 0.1) is 11.9 Å². The first-order valence-corrected chi connectivity index (χ1v) is 6.53. The minimum absolute atomic E-state index is 0.0223. The van der Waals surface area contributed by atoms with Crippen LogP contribution in [-0.2, 0) is 14.8 Å². The summed E-state index contributed by atoms with van der Waals surface area (Å²) in [6, 6.07) is 0. The van der Waals surface area contributed by atoms with Gasteiger partial charge in [-0.1, -0.05) is 6.92 Å². The van der Waals surface area contributed by atoms with Crippen LogP contribution < -0.4 is 10.5 Å². The van der Waals surface area contributed by atoms with Crippen LogP contribution in [-0.4, -0.2) is 46.4 Å². The van der Waals surface area contributed by atoms with E-state index in [9.17, 15) is 17.2 Å². The maximum Gasteiger partial charge on any atom is 0.261 e. The van der Waals surface area contributed by atoms with E-state index in [1.165, 1.54) is 0 Å². The molecule has 5 nitrogen and oxygen atoms in total. The third-order valence-corrected chi connectivity index (χ3v) is 3.96. The zero-order valence-corrected chi connectivity index (χ0v) is 9.97. The summed E-state index contributed by atoms with van der Waals surface area (Å²) in [6.07, 6.45) is -2.13. The largest absolute Gasteiger partial charge is 0.374 e. The third kappa shape index (κ3) is 6.31. The van der Waals surface area contributed by atoms with E-state index in [0.717, 1.165) is 0 Å². The minimum Gasteiger partial charge on any atom is -0.374 e. The number of hydrogen-bond acceptors (Lipinski definition) is 4. The molecular weight excluding hydrogens is 242 g/mol. The van der Waals surface area contributed by atoms with Crippen molar-refractivity contribution < 1.29 is 21.9 Å². The van der Waals surface area contributed by atoms with Crippen LogP contribution in [0, 0.1) is 0 Å². The summed E-state index contributed by atoms with van der Waals surface area (Å²) in [5.41, 5.74) is 5.29. The van der Waals surface area contributed by atoms with Crippen molar-refractivity contribution in [1.29, 1.82) is 0 Å². The van der Waals surface area contributed by atoms with Crippen molar-refractivity contribution in [3.05, 3.63) is 0 Å². The van der Waals surface area contributed by atoms with E-state index in [1.807, 2.05) is 0 Å². The Morgan fingerprint density at radius 3 is 2.50 bits per heavy atom. The molecular formula is C8H18F2N2O3S. The second-order valence-electron chi connectivity index (χ2n) is 3.17. The molecule has 0 amide bonds. The molecule has 1 unspecified atom stereocenters. The van der Waals surface area contributed by atoms with Crippen LogP contribution >= 0.6 is 0 Å². The highest BCUT2D eigenvalue weighted by Crippen LogP contribution is 2.01. The van der Waals surface area contributed by atoms with Gasteiger partial charge in [-0.2, -0.15) is 0 Å². The lowest BCUT2D eigenvalue weighted by Gasteiger charge is -2.14. The number of nitrogens with one attached hydrogen (secondary N) is 1. The van der Waals surface area contributed by atoms with E-state index < -0.39 is 28.3 Å². The average molecular weight is 260 g/mol. The Balaban J connectivity index is 3.83. The molecule has 0 aromatic carbocycles. The summed E-state index contributed by atoms with van der Waals surface area (Å²) in [6.45, 7) is 0.958. The Morgan fingerprint density at radius 2 is 2.06 bits per heavy atom. The Kier molecular flexibility index (Phi) is 7.73. The molecule has 0 aliphatic heterocycles. The Labute approximate surface area is 94.4 Å². The van der Waals surface area contributed by atoms with E-state index in [2.05, 4.69) is 9.46 Å². The smallest absolute Gasteiger partial charge is 0.261 e. The standard InChI is InChI=1S/C8H18F2N2O3S/c1-2-7(5-11)16(13,14)12-3-4-15-6-8(9)10/h7-8,12H,2-6,11H2,1H3. The van der Waals surface area contributed by atoms with Gasteiger partial charge >= 0.3 is 0 Å². The fourth-order valence-electron chi connectivity index (χ4n) is 1.06. The van der Waals surface area contributed by atoms with Crippen molar-refractivity contribution >= 4 is 10.0 Å². The van der Waals surface area contributed by atoms with Crippen molar-refractivity contribution in [3.8, 4) is 0 Å². The Hall–Kier alpha value is -0.310. The summed E-state index contributed by atoms with van der Waals surface area (Å²) < 4.78 is 53.1. The topological polar surface area (TPSA) is 81.4 Å². The second-order valence-corrected chi connectivity index (χ2v) is 5.22. The summed E-state index contributed by atoms with van der Waals surface area (Å²) >= 11 is 0. The summed E-state index contributed by atoms with van der Waals surface area (Å²) in [7, 11) is -3.47. The van der Waals surface area contributed by atoms with Gasteiger partial charge in [-0.25, -0.2) is 21.9 Å². The summed E-state index contributed by atoms with van der Waals surface area (Å²) in [4.78, 5) is 0. The van der Waals surface area contributed by atoms with E-state index in [-0.39, 0.29) is 19.7 Å². The van der Waals surface area contributed by atoms with Crippen LogP contribution in [0.25, 0.3) is 0 Å². The SMILES string of the molecule is CCC(CN)S(=O)(=O)NCCOCC(F)F. The van der Waals surface area contributed by atoms with Gasteiger partial charge in [0.1, 0.15) is 6.61 Å². The number of alkyl halides is 2. The molecule has 0 aliphatic carbocycles. The number of rotatable bonds is 9. The van der Waals surface area contributed by atoms with Gasteiger partial charge in [0, 0.05) is 13.1 Å². The zero-order valence-electron chi connectivity index (χ0n) is 9.16. The molecule has 0 rings (SSSR count). The number of halogens is 2. The van der Waals surface area contributed by atoms with Crippen LogP contribution in [0.3, 0.4) is 0 Å². The molecule has 8 heteroatoms. The first-order valence-electron chi connectivity index (χ1n) is 4.98. The molecule has 0 saturated heterocycles. The molecule has 0 heterocycles. The molecule has 0 radical (unpaired) electrons. The molecule has 0 aromatic heterocycles. The number of hydrogen-bond donors (Lipinski definition) is 2. The van der Waals surface area contributed by atoms with Crippen molar-refractivity contribution in [3.63, 3.8) is 0 Å². The predicted molar refractivity (Wildman–Crippen MR) is 56.9 cm³/mol. The van der Waals surface area contributed by atoms with Crippen LogP contribution in [0.5, 0.6) is 0 Å². The van der Waals surface area contributed by atoms with Crippen LogP contribution in [0.15, 0.2) is 0 Å². The Bertz CT molecular complexity index is 268. The van der Waals surface area contributed by atoms with Crippen molar-refractivity contribution in [2.45, 2.75) is 25.0 Å². The summed E-state index contributed by atoms with van der Waals surface area (Å²) in [5, 5.41) is -0.650. The van der Waals surface area contributed by atoms with E-state index in [0.29, 0.717) is 6.42 Å². The zero-order chi connectivity index (χ0) is 12.6. The lowest BCUT2D eigenvalue weighted by atomic mass is 10.3. The maximum absolute atomic E-state index is 11.7. The van der Waals surface area contributed by atoms with Gasteiger partial charge in [0.25, 0.3) is 6.43 Å². The molecule has 0 fully saturated rings. The fraction of sp³-hybridized carbons (Fsp3) is 1.00. The first-order chi connectivity index (χ1) is 7.44. The van der Waals surface area contributed by atoms with Crippen LogP contribution in [0.1, 0.15) is 13.3 Å². The number of nitrogens with two attached hydrogens (primary N) is 1.